The number of hydrogen-bond donors (Lipinski definition) is 5. The molecule has 0 amide bonds. The van der Waals surface area contributed by atoms with Gasteiger partial charge in [-0.2, -0.15) is 0 Å². The van der Waals surface area contributed by atoms with Crippen LogP contribution >= 0.6 is 0 Å². The Morgan fingerprint density at radius 2 is 1.84 bits per heavy atom. The third-order valence-corrected chi connectivity index (χ3v) is 3.90. The van der Waals surface area contributed by atoms with E-state index >= 15 is 0 Å². The van der Waals surface area contributed by atoms with Crippen LogP contribution in [0.15, 0.2) is 18.2 Å². The summed E-state index contributed by atoms with van der Waals surface area (Å²) >= 11 is 0. The smallest absolute Gasteiger partial charge is 0.136 e. The summed E-state index contributed by atoms with van der Waals surface area (Å²) in [7, 11) is 0. The van der Waals surface area contributed by atoms with E-state index in [9.17, 15) is 20.4 Å². The molecule has 1 aromatic rings. The van der Waals surface area contributed by atoms with Gasteiger partial charge in [-0.05, 0) is 25.0 Å². The highest BCUT2D eigenvalue weighted by Gasteiger charge is 2.44. The van der Waals surface area contributed by atoms with E-state index in [0.29, 0.717) is 24.0 Å². The lowest BCUT2D eigenvalue weighted by Gasteiger charge is -2.40. The Bertz CT molecular complexity index is 441. The first-order chi connectivity index (χ1) is 9.09. The Kier molecular flexibility index (Phi) is 3.30. The summed E-state index contributed by atoms with van der Waals surface area (Å²) < 4.78 is 0. The summed E-state index contributed by atoms with van der Waals surface area (Å²) in [4.78, 5) is 1.46. The van der Waals surface area contributed by atoms with E-state index in [4.69, 9.17) is 0 Å². The molecule has 0 aromatic heterocycles. The third kappa shape index (κ3) is 2.06. The Labute approximate surface area is 110 Å². The van der Waals surface area contributed by atoms with Gasteiger partial charge in [-0.3, -0.25) is 5.32 Å². The first-order valence-corrected chi connectivity index (χ1v) is 6.35. The molecule has 6 heteroatoms. The fourth-order valence-electron chi connectivity index (χ4n) is 2.92. The number of piperidine rings is 1. The predicted octanol–water partition coefficient (Wildman–Crippen LogP) is -0.827. The van der Waals surface area contributed by atoms with Gasteiger partial charge in [-0.15, -0.1) is 0 Å². The minimum atomic E-state index is -0.994. The van der Waals surface area contributed by atoms with Crippen molar-refractivity contribution in [1.29, 1.82) is 0 Å². The van der Waals surface area contributed by atoms with Gasteiger partial charge >= 0.3 is 0 Å². The van der Waals surface area contributed by atoms with Crippen LogP contribution in [0.2, 0.25) is 0 Å². The molecule has 0 spiro atoms. The summed E-state index contributed by atoms with van der Waals surface area (Å²) in [6.45, 7) is 0. The van der Waals surface area contributed by atoms with Crippen molar-refractivity contribution in [2.24, 2.45) is 0 Å². The zero-order valence-corrected chi connectivity index (χ0v) is 10.3. The van der Waals surface area contributed by atoms with Crippen molar-refractivity contribution in [3.63, 3.8) is 0 Å². The van der Waals surface area contributed by atoms with Gasteiger partial charge in [0.1, 0.15) is 24.9 Å². The monoisotopic (exact) mass is 265 g/mol. The Balaban J connectivity index is 1.87. The standard InChI is InChI=1S/C13H17N2O4/c16-10-6-5-9(11(17)14-10)15-12(18)7-3-1-2-4-8(7)13(15)19/h1,3-4,9-14,16-19H,5-6H2. The molecule has 103 valence electrons. The van der Waals surface area contributed by atoms with Crippen molar-refractivity contribution >= 4 is 0 Å². The maximum Gasteiger partial charge on any atom is 0.136 e. The van der Waals surface area contributed by atoms with Crippen molar-refractivity contribution in [2.75, 3.05) is 0 Å². The number of hydrogen-bond acceptors (Lipinski definition) is 6. The summed E-state index contributed by atoms with van der Waals surface area (Å²) in [5.41, 5.74) is 1.23. The number of aliphatic hydroxyl groups is 4. The van der Waals surface area contributed by atoms with Gasteiger partial charge in [0.05, 0.1) is 6.04 Å². The van der Waals surface area contributed by atoms with Crippen molar-refractivity contribution < 1.29 is 20.4 Å². The molecule has 5 unspecified atom stereocenters. The van der Waals surface area contributed by atoms with Crippen molar-refractivity contribution in [1.82, 2.24) is 10.2 Å². The van der Waals surface area contributed by atoms with Crippen LogP contribution in [-0.2, 0) is 0 Å². The SMILES string of the molecule is OC1CCC(N2C(O)c3c[c]ccc3C2O)C(O)N1. The molecule has 5 atom stereocenters. The molecule has 3 rings (SSSR count). The molecular weight excluding hydrogens is 248 g/mol. The number of benzene rings is 1. The molecule has 2 aliphatic rings. The maximum atomic E-state index is 10.3. The zero-order chi connectivity index (χ0) is 13.6. The van der Waals surface area contributed by atoms with Crippen LogP contribution in [0, 0.1) is 6.07 Å². The third-order valence-electron chi connectivity index (χ3n) is 3.90. The van der Waals surface area contributed by atoms with Crippen molar-refractivity contribution in [3.8, 4) is 0 Å². The quantitative estimate of drug-likeness (QED) is 0.455. The normalized spacial score (nSPS) is 39.3. The summed E-state index contributed by atoms with van der Waals surface area (Å²) in [6.07, 6.45) is -2.73. The van der Waals surface area contributed by atoms with Gasteiger partial charge in [0.15, 0.2) is 0 Å². The maximum absolute atomic E-state index is 10.3. The van der Waals surface area contributed by atoms with Gasteiger partial charge in [-0.25, -0.2) is 4.90 Å². The fraction of sp³-hybridized carbons (Fsp3) is 0.538. The van der Waals surface area contributed by atoms with Gasteiger partial charge in [0, 0.05) is 11.1 Å². The molecule has 5 N–H and O–H groups in total. The first-order valence-electron chi connectivity index (χ1n) is 6.35. The molecule has 0 aliphatic carbocycles. The number of aliphatic hydroxyl groups excluding tert-OH is 4. The number of rotatable bonds is 1. The molecule has 1 aromatic carbocycles. The van der Waals surface area contributed by atoms with Gasteiger partial charge in [0.25, 0.3) is 0 Å². The Hall–Kier alpha value is -1.02. The lowest BCUT2D eigenvalue weighted by atomic mass is 10.0. The molecule has 1 saturated heterocycles. The van der Waals surface area contributed by atoms with Gasteiger partial charge in [0.2, 0.25) is 0 Å². The molecule has 19 heavy (non-hydrogen) atoms. The second-order valence-corrected chi connectivity index (χ2v) is 5.02. The lowest BCUT2D eigenvalue weighted by Crippen LogP contribution is -2.57. The first kappa shape index (κ1) is 13.0. The molecule has 0 bridgehead atoms. The number of nitrogens with zero attached hydrogens (tertiary/aromatic N) is 1. The zero-order valence-electron chi connectivity index (χ0n) is 10.3. The average Bonchev–Trinajstić information content (AvgIpc) is 2.64. The molecule has 2 heterocycles. The average molecular weight is 265 g/mol. The van der Waals surface area contributed by atoms with Gasteiger partial charge in [-0.1, -0.05) is 12.1 Å². The number of nitrogens with one attached hydrogen (secondary N) is 1. The fourth-order valence-corrected chi connectivity index (χ4v) is 2.92. The highest BCUT2D eigenvalue weighted by Crippen LogP contribution is 2.42. The second kappa shape index (κ2) is 4.82. The topological polar surface area (TPSA) is 96.2 Å². The largest absolute Gasteiger partial charge is 0.379 e. The minimum Gasteiger partial charge on any atom is -0.379 e. The molecular formula is C13H17N2O4. The van der Waals surface area contributed by atoms with Crippen LogP contribution in [0.1, 0.15) is 36.4 Å². The second-order valence-electron chi connectivity index (χ2n) is 5.02. The Morgan fingerprint density at radius 1 is 1.11 bits per heavy atom. The summed E-state index contributed by atoms with van der Waals surface area (Å²) in [6, 6.07) is 7.44. The van der Waals surface area contributed by atoms with E-state index < -0.39 is 31.0 Å². The Morgan fingerprint density at radius 3 is 2.53 bits per heavy atom. The predicted molar refractivity (Wildman–Crippen MR) is 65.2 cm³/mol. The van der Waals surface area contributed by atoms with Crippen molar-refractivity contribution in [3.05, 3.63) is 35.4 Å². The molecule has 0 saturated carbocycles. The van der Waals surface area contributed by atoms with E-state index in [0.717, 1.165) is 0 Å². The van der Waals surface area contributed by atoms with E-state index in [1.54, 1.807) is 18.2 Å². The summed E-state index contributed by atoms with van der Waals surface area (Å²) in [5, 5.41) is 42.6. The van der Waals surface area contributed by atoms with Crippen LogP contribution in [0.25, 0.3) is 0 Å². The van der Waals surface area contributed by atoms with Crippen LogP contribution in [-0.4, -0.2) is 43.8 Å². The highest BCUT2D eigenvalue weighted by molar-refractivity contribution is 5.34. The highest BCUT2D eigenvalue weighted by atomic mass is 16.3. The van der Waals surface area contributed by atoms with Crippen LogP contribution in [0.4, 0.5) is 0 Å². The van der Waals surface area contributed by atoms with Crippen LogP contribution < -0.4 is 5.32 Å². The molecule has 1 radical (unpaired) electrons. The van der Waals surface area contributed by atoms with E-state index in [-0.39, 0.29) is 0 Å². The van der Waals surface area contributed by atoms with E-state index in [1.165, 1.54) is 4.90 Å². The van der Waals surface area contributed by atoms with Gasteiger partial charge < -0.3 is 20.4 Å². The van der Waals surface area contributed by atoms with Crippen LogP contribution in [0.5, 0.6) is 0 Å². The molecule has 6 nitrogen and oxygen atoms in total. The minimum absolute atomic E-state index is 0.458. The lowest BCUT2D eigenvalue weighted by molar-refractivity contribution is -0.159. The van der Waals surface area contributed by atoms with Crippen molar-refractivity contribution in [2.45, 2.75) is 43.8 Å². The van der Waals surface area contributed by atoms with Crippen LogP contribution in [0.3, 0.4) is 0 Å². The summed E-state index contributed by atoms with van der Waals surface area (Å²) in [5.74, 6) is 0. The number of fused-ring (bicyclic) bond motifs is 1. The van der Waals surface area contributed by atoms with E-state index in [1.807, 2.05) is 0 Å². The molecule has 1 fully saturated rings. The van der Waals surface area contributed by atoms with E-state index in [2.05, 4.69) is 11.4 Å². The molecule has 2 aliphatic heterocycles.